The monoisotopic (exact) mass is 363 g/mol. The van der Waals surface area contributed by atoms with Crippen molar-refractivity contribution in [3.63, 3.8) is 0 Å². The first-order valence-electron chi connectivity index (χ1n) is 7.52. The molecule has 1 heterocycles. The SMILES string of the molecule is COC(=O)c1ccc(C2SCC(=O)N2Cc2cc(F)cc(F)c2)cc1. The van der Waals surface area contributed by atoms with E-state index < -0.39 is 17.6 Å². The van der Waals surface area contributed by atoms with Gasteiger partial charge in [0, 0.05) is 12.6 Å². The van der Waals surface area contributed by atoms with Crippen LogP contribution < -0.4 is 0 Å². The summed E-state index contributed by atoms with van der Waals surface area (Å²) in [5.74, 6) is -1.59. The van der Waals surface area contributed by atoms with Crippen LogP contribution in [0.15, 0.2) is 42.5 Å². The van der Waals surface area contributed by atoms with Gasteiger partial charge in [-0.1, -0.05) is 12.1 Å². The number of rotatable bonds is 4. The molecule has 1 aliphatic rings. The van der Waals surface area contributed by atoms with Crippen molar-refractivity contribution in [2.45, 2.75) is 11.9 Å². The van der Waals surface area contributed by atoms with Crippen LogP contribution in [-0.2, 0) is 16.1 Å². The van der Waals surface area contributed by atoms with Crippen LogP contribution in [0, 0.1) is 11.6 Å². The highest BCUT2D eigenvalue weighted by Gasteiger charge is 2.33. The first-order valence-corrected chi connectivity index (χ1v) is 8.57. The Balaban J connectivity index is 1.83. The van der Waals surface area contributed by atoms with E-state index in [0.29, 0.717) is 16.9 Å². The lowest BCUT2D eigenvalue weighted by molar-refractivity contribution is -0.128. The van der Waals surface area contributed by atoms with Gasteiger partial charge in [0.15, 0.2) is 0 Å². The van der Waals surface area contributed by atoms with Crippen molar-refractivity contribution in [3.05, 3.63) is 70.8 Å². The maximum absolute atomic E-state index is 13.4. The fourth-order valence-electron chi connectivity index (χ4n) is 2.70. The predicted molar refractivity (Wildman–Crippen MR) is 89.9 cm³/mol. The number of hydrogen-bond acceptors (Lipinski definition) is 4. The van der Waals surface area contributed by atoms with Crippen LogP contribution in [0.4, 0.5) is 8.78 Å². The molecule has 1 saturated heterocycles. The highest BCUT2D eigenvalue weighted by Crippen LogP contribution is 2.39. The zero-order valence-corrected chi connectivity index (χ0v) is 14.2. The third kappa shape index (κ3) is 3.82. The zero-order chi connectivity index (χ0) is 18.0. The molecule has 1 aliphatic heterocycles. The summed E-state index contributed by atoms with van der Waals surface area (Å²) in [6, 6.07) is 10.00. The molecule has 0 N–H and O–H groups in total. The largest absolute Gasteiger partial charge is 0.465 e. The fraction of sp³-hybridized carbons (Fsp3) is 0.222. The van der Waals surface area contributed by atoms with E-state index >= 15 is 0 Å². The van der Waals surface area contributed by atoms with E-state index in [2.05, 4.69) is 4.74 Å². The van der Waals surface area contributed by atoms with Gasteiger partial charge in [-0.05, 0) is 35.4 Å². The number of carbonyl (C=O) groups excluding carboxylic acids is 2. The second-order valence-electron chi connectivity index (χ2n) is 5.58. The molecule has 0 aliphatic carbocycles. The van der Waals surface area contributed by atoms with Crippen LogP contribution in [0.5, 0.6) is 0 Å². The van der Waals surface area contributed by atoms with Crippen LogP contribution in [0.1, 0.15) is 26.9 Å². The molecule has 1 fully saturated rings. The molecule has 4 nitrogen and oxygen atoms in total. The molecule has 1 atom stereocenters. The number of methoxy groups -OCH3 is 1. The van der Waals surface area contributed by atoms with Crippen LogP contribution >= 0.6 is 11.8 Å². The molecule has 0 saturated carbocycles. The summed E-state index contributed by atoms with van der Waals surface area (Å²) < 4.78 is 31.4. The Kier molecular flexibility index (Phi) is 5.03. The molecule has 2 aromatic rings. The van der Waals surface area contributed by atoms with E-state index in [0.717, 1.165) is 11.6 Å². The Bertz CT molecular complexity index is 790. The van der Waals surface area contributed by atoms with E-state index in [9.17, 15) is 18.4 Å². The Morgan fingerprint density at radius 3 is 2.44 bits per heavy atom. The van der Waals surface area contributed by atoms with Gasteiger partial charge in [0.2, 0.25) is 5.91 Å². The van der Waals surface area contributed by atoms with Gasteiger partial charge in [-0.15, -0.1) is 11.8 Å². The lowest BCUT2D eigenvalue weighted by atomic mass is 10.1. The van der Waals surface area contributed by atoms with Gasteiger partial charge in [-0.2, -0.15) is 0 Å². The molecule has 25 heavy (non-hydrogen) atoms. The van der Waals surface area contributed by atoms with Gasteiger partial charge in [-0.25, -0.2) is 13.6 Å². The fourth-order valence-corrected chi connectivity index (χ4v) is 3.89. The molecule has 0 bridgehead atoms. The van der Waals surface area contributed by atoms with Crippen molar-refractivity contribution in [2.24, 2.45) is 0 Å². The van der Waals surface area contributed by atoms with Crippen molar-refractivity contribution in [2.75, 3.05) is 12.9 Å². The lowest BCUT2D eigenvalue weighted by Crippen LogP contribution is -2.27. The minimum Gasteiger partial charge on any atom is -0.465 e. The molecular weight excluding hydrogens is 348 g/mol. The van der Waals surface area contributed by atoms with E-state index in [4.69, 9.17) is 0 Å². The molecule has 130 valence electrons. The number of hydrogen-bond donors (Lipinski definition) is 0. The number of ether oxygens (including phenoxy) is 1. The van der Waals surface area contributed by atoms with Gasteiger partial charge in [0.1, 0.15) is 17.0 Å². The molecule has 3 rings (SSSR count). The van der Waals surface area contributed by atoms with Gasteiger partial charge in [0.25, 0.3) is 0 Å². The summed E-state index contributed by atoms with van der Waals surface area (Å²) in [5, 5.41) is -0.273. The lowest BCUT2D eigenvalue weighted by Gasteiger charge is -2.24. The molecule has 0 spiro atoms. The van der Waals surface area contributed by atoms with Gasteiger partial charge in [0.05, 0.1) is 18.4 Å². The minimum atomic E-state index is -0.673. The highest BCUT2D eigenvalue weighted by atomic mass is 32.2. The molecule has 1 unspecified atom stereocenters. The number of benzene rings is 2. The maximum Gasteiger partial charge on any atom is 0.337 e. The van der Waals surface area contributed by atoms with Crippen LogP contribution in [0.25, 0.3) is 0 Å². The number of thioether (sulfide) groups is 1. The number of amides is 1. The quantitative estimate of drug-likeness (QED) is 0.780. The Labute approximate surface area is 147 Å². The summed E-state index contributed by atoms with van der Waals surface area (Å²) >= 11 is 1.43. The van der Waals surface area contributed by atoms with Crippen LogP contribution in [0.3, 0.4) is 0 Å². The molecule has 2 aromatic carbocycles. The Hall–Kier alpha value is -2.41. The van der Waals surface area contributed by atoms with Gasteiger partial charge >= 0.3 is 5.97 Å². The first-order chi connectivity index (χ1) is 12.0. The van der Waals surface area contributed by atoms with E-state index in [1.54, 1.807) is 29.2 Å². The van der Waals surface area contributed by atoms with E-state index in [-0.39, 0.29) is 17.8 Å². The summed E-state index contributed by atoms with van der Waals surface area (Å²) in [5.41, 5.74) is 1.64. The number of esters is 1. The molecule has 0 radical (unpaired) electrons. The van der Waals surface area contributed by atoms with Gasteiger partial charge in [-0.3, -0.25) is 4.79 Å². The molecule has 7 heteroatoms. The van der Waals surface area contributed by atoms with Gasteiger partial charge < -0.3 is 9.64 Å². The summed E-state index contributed by atoms with van der Waals surface area (Å²) in [6.45, 7) is 0.115. The smallest absolute Gasteiger partial charge is 0.337 e. The highest BCUT2D eigenvalue weighted by molar-refractivity contribution is 8.00. The Morgan fingerprint density at radius 1 is 1.20 bits per heavy atom. The number of carbonyl (C=O) groups is 2. The summed E-state index contributed by atoms with van der Waals surface area (Å²) in [7, 11) is 1.31. The van der Waals surface area contributed by atoms with Crippen molar-refractivity contribution < 1.29 is 23.1 Å². The number of halogens is 2. The molecule has 1 amide bonds. The second kappa shape index (κ2) is 7.23. The minimum absolute atomic E-state index is 0.100. The predicted octanol–water partition coefficient (Wildman–Crippen LogP) is 3.53. The zero-order valence-electron chi connectivity index (χ0n) is 13.4. The van der Waals surface area contributed by atoms with E-state index in [1.807, 2.05) is 0 Å². The second-order valence-corrected chi connectivity index (χ2v) is 6.64. The van der Waals surface area contributed by atoms with Crippen molar-refractivity contribution in [3.8, 4) is 0 Å². The maximum atomic E-state index is 13.4. The normalized spacial score (nSPS) is 17.0. The van der Waals surface area contributed by atoms with Crippen LogP contribution in [-0.4, -0.2) is 29.6 Å². The standard InChI is InChI=1S/C18H15F2NO3S/c1-24-18(23)13-4-2-12(3-5-13)17-21(16(22)10-25-17)9-11-6-14(19)8-15(20)7-11/h2-8,17H,9-10H2,1H3. The molecular formula is C18H15F2NO3S. The van der Waals surface area contributed by atoms with Crippen molar-refractivity contribution >= 4 is 23.6 Å². The van der Waals surface area contributed by atoms with Crippen molar-refractivity contribution in [1.82, 2.24) is 4.90 Å². The number of nitrogens with zero attached hydrogens (tertiary/aromatic N) is 1. The third-order valence-electron chi connectivity index (χ3n) is 3.86. The van der Waals surface area contributed by atoms with Crippen LogP contribution in [0.2, 0.25) is 0 Å². The Morgan fingerprint density at radius 2 is 1.84 bits per heavy atom. The third-order valence-corrected chi connectivity index (χ3v) is 5.12. The topological polar surface area (TPSA) is 46.6 Å². The first kappa shape index (κ1) is 17.4. The average molecular weight is 363 g/mol. The van der Waals surface area contributed by atoms with E-state index in [1.165, 1.54) is 31.0 Å². The summed E-state index contributed by atoms with van der Waals surface area (Å²) in [4.78, 5) is 25.3. The average Bonchev–Trinajstić information content (AvgIpc) is 2.94. The molecule has 0 aromatic heterocycles. The summed E-state index contributed by atoms with van der Waals surface area (Å²) in [6.07, 6.45) is 0. The van der Waals surface area contributed by atoms with Crippen molar-refractivity contribution in [1.29, 1.82) is 0 Å².